The Morgan fingerprint density at radius 3 is 2.81 bits per heavy atom. The van der Waals surface area contributed by atoms with E-state index < -0.39 is 0 Å². The number of nitrogen functional groups attached to an aromatic ring is 1. The second kappa shape index (κ2) is 5.86. The van der Waals surface area contributed by atoms with Crippen molar-refractivity contribution in [3.8, 4) is 0 Å². The van der Waals surface area contributed by atoms with Crippen LogP contribution in [0.15, 0.2) is 11.1 Å². The topological polar surface area (TPSA) is 83.0 Å². The van der Waals surface area contributed by atoms with Crippen molar-refractivity contribution in [2.24, 2.45) is 5.73 Å². The molecule has 0 aliphatic rings. The van der Waals surface area contributed by atoms with Crippen molar-refractivity contribution in [1.82, 2.24) is 4.98 Å². The van der Waals surface area contributed by atoms with Crippen LogP contribution in [0.2, 0.25) is 0 Å². The minimum atomic E-state index is 0.0523. The van der Waals surface area contributed by atoms with Crippen LogP contribution in [-0.2, 0) is 0 Å². The highest BCUT2D eigenvalue weighted by molar-refractivity contribution is 7.99. The molecule has 5 heteroatoms. The summed E-state index contributed by atoms with van der Waals surface area (Å²) in [7, 11) is 0. The summed E-state index contributed by atoms with van der Waals surface area (Å²) in [6, 6.07) is 1.92. The summed E-state index contributed by atoms with van der Waals surface area (Å²) in [4.78, 5) is 4.39. The van der Waals surface area contributed by atoms with E-state index in [-0.39, 0.29) is 12.4 Å². The van der Waals surface area contributed by atoms with Gasteiger partial charge in [-0.15, -0.1) is 11.8 Å². The number of pyridine rings is 1. The van der Waals surface area contributed by atoms with Crippen LogP contribution in [0.4, 0.5) is 0 Å². The standard InChI is InChI=1S/C11H17N3OS/c1-7-6-8(2)14-11(9(7)10(12)13)16-5-3-4-15/h6,15H,3-5H2,1-2H3,(H3,12,13). The lowest BCUT2D eigenvalue weighted by atomic mass is 10.1. The Hall–Kier alpha value is -1.07. The number of nitrogens with two attached hydrogens (primary N) is 1. The van der Waals surface area contributed by atoms with Crippen molar-refractivity contribution in [3.05, 3.63) is 22.9 Å². The molecule has 0 amide bonds. The molecule has 0 fully saturated rings. The van der Waals surface area contributed by atoms with E-state index in [1.54, 1.807) is 0 Å². The highest BCUT2D eigenvalue weighted by atomic mass is 32.2. The number of rotatable bonds is 5. The highest BCUT2D eigenvalue weighted by Gasteiger charge is 2.11. The van der Waals surface area contributed by atoms with E-state index in [9.17, 15) is 0 Å². The van der Waals surface area contributed by atoms with E-state index in [0.717, 1.165) is 28.5 Å². The molecule has 4 N–H and O–H groups in total. The monoisotopic (exact) mass is 239 g/mol. The van der Waals surface area contributed by atoms with Crippen LogP contribution in [0, 0.1) is 19.3 Å². The van der Waals surface area contributed by atoms with Crippen molar-refractivity contribution in [2.75, 3.05) is 12.4 Å². The lowest BCUT2D eigenvalue weighted by Crippen LogP contribution is -2.15. The maximum Gasteiger partial charge on any atom is 0.125 e. The molecule has 0 radical (unpaired) electrons. The summed E-state index contributed by atoms with van der Waals surface area (Å²) in [6.07, 6.45) is 0.719. The predicted octanol–water partition coefficient (Wildman–Crippen LogP) is 1.46. The zero-order valence-corrected chi connectivity index (χ0v) is 10.4. The summed E-state index contributed by atoms with van der Waals surface area (Å²) in [5.41, 5.74) is 8.17. The number of aliphatic hydroxyl groups excluding tert-OH is 1. The van der Waals surface area contributed by atoms with E-state index in [2.05, 4.69) is 4.98 Å². The maximum absolute atomic E-state index is 8.73. The summed E-state index contributed by atoms with van der Waals surface area (Å²) < 4.78 is 0. The first-order valence-electron chi connectivity index (χ1n) is 5.12. The number of aryl methyl sites for hydroxylation is 2. The average Bonchev–Trinajstić information content (AvgIpc) is 2.16. The molecule has 4 nitrogen and oxygen atoms in total. The molecule has 1 rings (SSSR count). The Balaban J connectivity index is 2.99. The summed E-state index contributed by atoms with van der Waals surface area (Å²) in [6.45, 7) is 4.03. The first-order chi connectivity index (χ1) is 7.56. The molecular formula is C11H17N3OS. The number of thioether (sulfide) groups is 1. The van der Waals surface area contributed by atoms with Gasteiger partial charge in [-0.05, 0) is 31.9 Å². The van der Waals surface area contributed by atoms with E-state index in [0.29, 0.717) is 5.56 Å². The fourth-order valence-electron chi connectivity index (χ4n) is 1.47. The fraction of sp³-hybridized carbons (Fsp3) is 0.455. The smallest absolute Gasteiger partial charge is 0.125 e. The molecule has 0 aromatic carbocycles. The number of hydrogen-bond donors (Lipinski definition) is 3. The molecule has 0 bridgehead atoms. The highest BCUT2D eigenvalue weighted by Crippen LogP contribution is 2.24. The minimum Gasteiger partial charge on any atom is -0.396 e. The van der Waals surface area contributed by atoms with Gasteiger partial charge in [-0.25, -0.2) is 4.98 Å². The van der Waals surface area contributed by atoms with Crippen molar-refractivity contribution in [3.63, 3.8) is 0 Å². The second-order valence-electron chi connectivity index (χ2n) is 3.60. The van der Waals surface area contributed by atoms with Crippen LogP contribution in [0.5, 0.6) is 0 Å². The third-order valence-electron chi connectivity index (χ3n) is 2.12. The van der Waals surface area contributed by atoms with Crippen molar-refractivity contribution in [1.29, 1.82) is 5.41 Å². The Kier molecular flexibility index (Phi) is 4.76. The number of nitrogens with zero attached hydrogens (tertiary/aromatic N) is 1. The molecule has 1 aromatic heterocycles. The zero-order valence-electron chi connectivity index (χ0n) is 9.58. The predicted molar refractivity (Wildman–Crippen MR) is 67.2 cm³/mol. The van der Waals surface area contributed by atoms with Gasteiger partial charge in [0.05, 0.1) is 5.56 Å². The quantitative estimate of drug-likeness (QED) is 0.314. The van der Waals surface area contributed by atoms with E-state index in [1.807, 2.05) is 19.9 Å². The zero-order chi connectivity index (χ0) is 12.1. The first-order valence-corrected chi connectivity index (χ1v) is 6.11. The maximum atomic E-state index is 8.73. The van der Waals surface area contributed by atoms with Crippen LogP contribution >= 0.6 is 11.8 Å². The number of hydrogen-bond acceptors (Lipinski definition) is 4. The summed E-state index contributed by atoms with van der Waals surface area (Å²) >= 11 is 1.54. The number of amidine groups is 1. The molecule has 0 saturated carbocycles. The molecule has 0 aliphatic carbocycles. The van der Waals surface area contributed by atoms with Gasteiger partial charge in [0.25, 0.3) is 0 Å². The van der Waals surface area contributed by atoms with E-state index >= 15 is 0 Å². The van der Waals surface area contributed by atoms with Gasteiger partial charge in [-0.1, -0.05) is 0 Å². The van der Waals surface area contributed by atoms with Crippen molar-refractivity contribution in [2.45, 2.75) is 25.3 Å². The Labute approximate surface area is 99.8 Å². The number of nitrogens with one attached hydrogen (secondary N) is 1. The second-order valence-corrected chi connectivity index (χ2v) is 4.68. The van der Waals surface area contributed by atoms with Crippen LogP contribution in [-0.4, -0.2) is 28.3 Å². The lowest BCUT2D eigenvalue weighted by Gasteiger charge is -2.11. The normalized spacial score (nSPS) is 10.4. The third-order valence-corrected chi connectivity index (χ3v) is 3.18. The van der Waals surface area contributed by atoms with Gasteiger partial charge >= 0.3 is 0 Å². The number of aromatic nitrogens is 1. The van der Waals surface area contributed by atoms with Gasteiger partial charge in [0.15, 0.2) is 0 Å². The molecule has 0 unspecified atom stereocenters. The average molecular weight is 239 g/mol. The lowest BCUT2D eigenvalue weighted by molar-refractivity contribution is 0.296. The van der Waals surface area contributed by atoms with Crippen molar-refractivity contribution >= 4 is 17.6 Å². The molecule has 88 valence electrons. The first kappa shape index (κ1) is 13.0. The molecule has 0 saturated heterocycles. The van der Waals surface area contributed by atoms with Gasteiger partial charge in [-0.2, -0.15) is 0 Å². The van der Waals surface area contributed by atoms with Crippen LogP contribution in [0.1, 0.15) is 23.2 Å². The Bertz CT molecular complexity index is 393. The number of aliphatic hydroxyl groups is 1. The van der Waals surface area contributed by atoms with Gasteiger partial charge in [0, 0.05) is 18.1 Å². The van der Waals surface area contributed by atoms with Crippen LogP contribution in [0.25, 0.3) is 0 Å². The largest absolute Gasteiger partial charge is 0.396 e. The SMILES string of the molecule is Cc1cc(C)c(C(=N)N)c(SCCCO)n1. The molecule has 16 heavy (non-hydrogen) atoms. The summed E-state index contributed by atoms with van der Waals surface area (Å²) in [5.74, 6) is 0.837. The van der Waals surface area contributed by atoms with E-state index in [1.165, 1.54) is 11.8 Å². The van der Waals surface area contributed by atoms with E-state index in [4.69, 9.17) is 16.2 Å². The molecular weight excluding hydrogens is 222 g/mol. The summed E-state index contributed by atoms with van der Waals surface area (Å²) in [5, 5.41) is 17.1. The van der Waals surface area contributed by atoms with Gasteiger partial charge in [0.2, 0.25) is 0 Å². The van der Waals surface area contributed by atoms with Crippen LogP contribution < -0.4 is 5.73 Å². The molecule has 0 atom stereocenters. The van der Waals surface area contributed by atoms with Gasteiger partial charge in [-0.3, -0.25) is 5.41 Å². The van der Waals surface area contributed by atoms with Crippen molar-refractivity contribution < 1.29 is 5.11 Å². The van der Waals surface area contributed by atoms with Gasteiger partial charge < -0.3 is 10.8 Å². The van der Waals surface area contributed by atoms with Gasteiger partial charge in [0.1, 0.15) is 10.9 Å². The Morgan fingerprint density at radius 1 is 1.56 bits per heavy atom. The third kappa shape index (κ3) is 3.21. The molecule has 0 spiro atoms. The molecule has 0 aliphatic heterocycles. The minimum absolute atomic E-state index is 0.0523. The molecule has 1 aromatic rings. The van der Waals surface area contributed by atoms with Crippen LogP contribution in [0.3, 0.4) is 0 Å². The fourth-order valence-corrected chi connectivity index (χ4v) is 2.56. The Morgan fingerprint density at radius 2 is 2.25 bits per heavy atom. The molecule has 1 heterocycles.